The molecule has 0 bridgehead atoms. The Bertz CT molecular complexity index is 762. The zero-order valence-corrected chi connectivity index (χ0v) is 19.7. The fourth-order valence-electron chi connectivity index (χ4n) is 6.07. The van der Waals surface area contributed by atoms with Crippen molar-refractivity contribution < 1.29 is 0 Å². The maximum atomic E-state index is 6.62. The van der Waals surface area contributed by atoms with Gasteiger partial charge in [0.1, 0.15) is 5.65 Å². The van der Waals surface area contributed by atoms with Crippen molar-refractivity contribution in [2.75, 3.05) is 6.54 Å². The highest BCUT2D eigenvalue weighted by Crippen LogP contribution is 2.37. The molecule has 2 saturated carbocycles. The van der Waals surface area contributed by atoms with E-state index in [4.69, 9.17) is 10.7 Å². The molecule has 0 radical (unpaired) electrons. The van der Waals surface area contributed by atoms with E-state index >= 15 is 0 Å². The highest BCUT2D eigenvalue weighted by molar-refractivity contribution is 5.39. The number of pyridine rings is 1. The van der Waals surface area contributed by atoms with Crippen LogP contribution in [-0.4, -0.2) is 27.5 Å². The summed E-state index contributed by atoms with van der Waals surface area (Å²) >= 11 is 0. The van der Waals surface area contributed by atoms with Crippen LogP contribution in [0.4, 0.5) is 0 Å². The topological polar surface area (TPSA) is 55.3 Å². The normalized spacial score (nSPS) is 31.4. The number of hydrogen-bond donors (Lipinski definition) is 2. The highest BCUT2D eigenvalue weighted by Gasteiger charge is 2.29. The molecule has 172 valence electrons. The Hall–Kier alpha value is -1.39. The minimum atomic E-state index is 0.0515. The van der Waals surface area contributed by atoms with Crippen molar-refractivity contribution in [2.45, 2.75) is 108 Å². The maximum Gasteiger partial charge on any atom is 0.136 e. The summed E-state index contributed by atoms with van der Waals surface area (Å²) < 4.78 is 2.13. The first-order chi connectivity index (χ1) is 15.1. The van der Waals surface area contributed by atoms with Gasteiger partial charge in [-0.15, -0.1) is 0 Å². The van der Waals surface area contributed by atoms with E-state index in [1.807, 2.05) is 0 Å². The quantitative estimate of drug-likeness (QED) is 0.630. The van der Waals surface area contributed by atoms with Gasteiger partial charge in [-0.05, 0) is 63.0 Å². The standard InChI is InChI=1S/C27H44N4/c1-27(28)16-8-3-5-10-22(14-17-27)23-11-4-2-6-12-24(20-23)29-18-15-25-21-31-19-9-7-13-26(31)30-25/h7,9,13,19,21-24,29H,2-6,8,10-12,14-18,20,28H2,1H3. The summed E-state index contributed by atoms with van der Waals surface area (Å²) in [7, 11) is 0. The molecule has 2 aliphatic carbocycles. The van der Waals surface area contributed by atoms with Gasteiger partial charge in [-0.25, -0.2) is 4.98 Å². The summed E-state index contributed by atoms with van der Waals surface area (Å²) in [6.45, 7) is 3.32. The smallest absolute Gasteiger partial charge is 0.136 e. The van der Waals surface area contributed by atoms with Crippen LogP contribution in [0.25, 0.3) is 5.65 Å². The first-order valence-electron chi connectivity index (χ1n) is 13.0. The van der Waals surface area contributed by atoms with Crippen LogP contribution in [-0.2, 0) is 6.42 Å². The second-order valence-corrected chi connectivity index (χ2v) is 10.8. The van der Waals surface area contributed by atoms with Crippen molar-refractivity contribution in [2.24, 2.45) is 17.6 Å². The number of rotatable bonds is 5. The molecule has 0 spiro atoms. The highest BCUT2D eigenvalue weighted by atomic mass is 15.0. The van der Waals surface area contributed by atoms with Crippen LogP contribution in [0.1, 0.15) is 96.1 Å². The van der Waals surface area contributed by atoms with E-state index in [9.17, 15) is 0 Å². The van der Waals surface area contributed by atoms with E-state index in [-0.39, 0.29) is 5.54 Å². The van der Waals surface area contributed by atoms with Crippen LogP contribution in [0.2, 0.25) is 0 Å². The van der Waals surface area contributed by atoms with Crippen LogP contribution < -0.4 is 11.1 Å². The van der Waals surface area contributed by atoms with Crippen LogP contribution in [0.15, 0.2) is 30.6 Å². The number of nitrogens with two attached hydrogens (primary N) is 1. The second-order valence-electron chi connectivity index (χ2n) is 10.8. The fraction of sp³-hybridized carbons (Fsp3) is 0.741. The summed E-state index contributed by atoms with van der Waals surface area (Å²) in [6.07, 6.45) is 22.9. The van der Waals surface area contributed by atoms with Gasteiger partial charge in [-0.3, -0.25) is 0 Å². The van der Waals surface area contributed by atoms with Gasteiger partial charge >= 0.3 is 0 Å². The SMILES string of the molecule is CC1(N)CCCCCC(C2CCCCCC(NCCc3cn4ccccc4n3)C2)CC1. The van der Waals surface area contributed by atoms with E-state index in [0.29, 0.717) is 6.04 Å². The number of hydrogen-bond acceptors (Lipinski definition) is 3. The molecule has 4 nitrogen and oxygen atoms in total. The molecule has 4 rings (SSSR count). The molecule has 0 saturated heterocycles. The maximum absolute atomic E-state index is 6.62. The molecular formula is C27H44N4. The third kappa shape index (κ3) is 6.79. The van der Waals surface area contributed by atoms with Gasteiger partial charge in [0.15, 0.2) is 0 Å². The van der Waals surface area contributed by atoms with Gasteiger partial charge in [0, 0.05) is 36.9 Å². The van der Waals surface area contributed by atoms with Gasteiger partial charge in [0.25, 0.3) is 0 Å². The van der Waals surface area contributed by atoms with E-state index in [0.717, 1.165) is 30.4 Å². The number of nitrogens with one attached hydrogen (secondary N) is 1. The monoisotopic (exact) mass is 424 g/mol. The molecule has 2 fully saturated rings. The van der Waals surface area contributed by atoms with Crippen LogP contribution in [0.3, 0.4) is 0 Å². The molecular weight excluding hydrogens is 380 g/mol. The Balaban J connectivity index is 1.32. The largest absolute Gasteiger partial charge is 0.325 e. The predicted octanol–water partition coefficient (Wildman–Crippen LogP) is 5.88. The van der Waals surface area contributed by atoms with Crippen LogP contribution in [0.5, 0.6) is 0 Å². The van der Waals surface area contributed by atoms with Crippen molar-refractivity contribution in [3.63, 3.8) is 0 Å². The Labute approximate surface area is 189 Å². The number of fused-ring (bicyclic) bond motifs is 1. The fourth-order valence-corrected chi connectivity index (χ4v) is 6.07. The Kier molecular flexibility index (Phi) is 8.06. The zero-order chi connectivity index (χ0) is 21.5. The van der Waals surface area contributed by atoms with Crippen molar-refractivity contribution >= 4 is 5.65 Å². The number of aromatic nitrogens is 2. The summed E-state index contributed by atoms with van der Waals surface area (Å²) in [5.74, 6) is 1.75. The molecule has 0 aromatic carbocycles. The molecule has 31 heavy (non-hydrogen) atoms. The molecule has 2 aromatic rings. The van der Waals surface area contributed by atoms with Crippen molar-refractivity contribution in [1.29, 1.82) is 0 Å². The van der Waals surface area contributed by atoms with Gasteiger partial charge in [-0.1, -0.05) is 57.4 Å². The third-order valence-corrected chi connectivity index (χ3v) is 8.02. The molecule has 0 aliphatic heterocycles. The Morgan fingerprint density at radius 1 is 1.00 bits per heavy atom. The number of nitrogens with zero attached hydrogens (tertiary/aromatic N) is 2. The minimum Gasteiger partial charge on any atom is -0.325 e. The molecule has 4 heteroatoms. The Morgan fingerprint density at radius 3 is 2.68 bits per heavy atom. The van der Waals surface area contributed by atoms with Crippen molar-refractivity contribution in [1.82, 2.24) is 14.7 Å². The second kappa shape index (κ2) is 11.0. The molecule has 2 aliphatic rings. The Morgan fingerprint density at radius 2 is 1.81 bits per heavy atom. The number of imidazole rings is 1. The lowest BCUT2D eigenvalue weighted by Crippen LogP contribution is -2.38. The lowest BCUT2D eigenvalue weighted by molar-refractivity contribution is 0.200. The molecule has 0 amide bonds. The van der Waals surface area contributed by atoms with Gasteiger partial charge < -0.3 is 15.5 Å². The average molecular weight is 425 g/mol. The zero-order valence-electron chi connectivity index (χ0n) is 19.7. The molecule has 4 unspecified atom stereocenters. The van der Waals surface area contributed by atoms with Gasteiger partial charge in [0.05, 0.1) is 5.69 Å². The van der Waals surface area contributed by atoms with E-state index in [1.54, 1.807) is 0 Å². The molecule has 2 aromatic heterocycles. The first kappa shape index (κ1) is 22.8. The van der Waals surface area contributed by atoms with Crippen molar-refractivity contribution in [3.8, 4) is 0 Å². The minimum absolute atomic E-state index is 0.0515. The molecule has 3 N–H and O–H groups in total. The lowest BCUT2D eigenvalue weighted by atomic mass is 9.75. The summed E-state index contributed by atoms with van der Waals surface area (Å²) in [6, 6.07) is 6.87. The predicted molar refractivity (Wildman–Crippen MR) is 130 cm³/mol. The van der Waals surface area contributed by atoms with E-state index in [2.05, 4.69) is 47.2 Å². The van der Waals surface area contributed by atoms with E-state index < -0.39 is 0 Å². The van der Waals surface area contributed by atoms with Crippen LogP contribution in [0, 0.1) is 11.8 Å². The summed E-state index contributed by atoms with van der Waals surface area (Å²) in [5.41, 5.74) is 8.92. The molecule has 4 atom stereocenters. The van der Waals surface area contributed by atoms with E-state index in [1.165, 1.54) is 89.2 Å². The average Bonchev–Trinajstić information content (AvgIpc) is 3.17. The first-order valence-corrected chi connectivity index (χ1v) is 13.0. The van der Waals surface area contributed by atoms with Crippen LogP contribution >= 0.6 is 0 Å². The van der Waals surface area contributed by atoms with Crippen molar-refractivity contribution in [3.05, 3.63) is 36.3 Å². The summed E-state index contributed by atoms with van der Waals surface area (Å²) in [5, 5.41) is 3.93. The third-order valence-electron chi connectivity index (χ3n) is 8.02. The van der Waals surface area contributed by atoms with Gasteiger partial charge in [-0.2, -0.15) is 0 Å². The summed E-state index contributed by atoms with van der Waals surface area (Å²) in [4.78, 5) is 4.77. The molecule has 2 heterocycles. The lowest BCUT2D eigenvalue weighted by Gasteiger charge is -2.34. The van der Waals surface area contributed by atoms with Gasteiger partial charge in [0.2, 0.25) is 0 Å².